The molecule has 0 atom stereocenters. The summed E-state index contributed by atoms with van der Waals surface area (Å²) >= 11 is 0. The van der Waals surface area contributed by atoms with Gasteiger partial charge in [-0.25, -0.2) is 0 Å². The van der Waals surface area contributed by atoms with E-state index in [2.05, 4.69) is 56.9 Å². The molecule has 25 heavy (non-hydrogen) atoms. The van der Waals surface area contributed by atoms with Crippen molar-refractivity contribution in [3.05, 3.63) is 64.4 Å². The van der Waals surface area contributed by atoms with E-state index in [1.807, 2.05) is 19.1 Å². The number of aryl methyl sites for hydroxylation is 2. The molecule has 0 N–H and O–H groups in total. The summed E-state index contributed by atoms with van der Waals surface area (Å²) in [7, 11) is 0. The minimum Gasteiger partial charge on any atom is -0.488 e. The molecule has 1 heterocycles. The highest BCUT2D eigenvalue weighted by molar-refractivity contribution is 5.83. The van der Waals surface area contributed by atoms with Crippen molar-refractivity contribution in [3.63, 3.8) is 0 Å². The molecule has 0 amide bonds. The lowest BCUT2D eigenvalue weighted by molar-refractivity contribution is 0.303. The largest absolute Gasteiger partial charge is 0.488 e. The molecule has 1 aromatic heterocycles. The highest BCUT2D eigenvalue weighted by atomic mass is 16.5. The Hall–Kier alpha value is -2.66. The zero-order valence-electron chi connectivity index (χ0n) is 15.4. The lowest BCUT2D eigenvalue weighted by Crippen LogP contribution is -1.99. The molecule has 0 saturated heterocycles. The van der Waals surface area contributed by atoms with Crippen molar-refractivity contribution in [3.8, 4) is 17.6 Å². The third-order valence-electron chi connectivity index (χ3n) is 4.45. The molecular formula is C23H24O2. The van der Waals surface area contributed by atoms with Gasteiger partial charge in [-0.1, -0.05) is 25.0 Å². The summed E-state index contributed by atoms with van der Waals surface area (Å²) in [5, 5.41) is 1.10. The van der Waals surface area contributed by atoms with E-state index in [-0.39, 0.29) is 0 Å². The van der Waals surface area contributed by atoms with Gasteiger partial charge in [0.15, 0.2) is 0 Å². The van der Waals surface area contributed by atoms with Gasteiger partial charge in [-0.15, -0.1) is 5.92 Å². The number of benzene rings is 2. The molecule has 0 aliphatic heterocycles. The maximum absolute atomic E-state index is 6.11. The average molecular weight is 332 g/mol. The van der Waals surface area contributed by atoms with Crippen LogP contribution in [0.25, 0.3) is 11.0 Å². The third-order valence-corrected chi connectivity index (χ3v) is 4.45. The molecule has 0 spiro atoms. The van der Waals surface area contributed by atoms with Gasteiger partial charge in [0.05, 0.1) is 0 Å². The van der Waals surface area contributed by atoms with Gasteiger partial charge in [0.1, 0.15) is 23.7 Å². The van der Waals surface area contributed by atoms with Crippen LogP contribution in [0.4, 0.5) is 0 Å². The van der Waals surface area contributed by atoms with Crippen LogP contribution in [-0.2, 0) is 13.0 Å². The molecule has 2 nitrogen and oxygen atoms in total. The first-order chi connectivity index (χ1) is 12.1. The van der Waals surface area contributed by atoms with Crippen molar-refractivity contribution in [2.75, 3.05) is 0 Å². The number of rotatable bonds is 5. The fourth-order valence-corrected chi connectivity index (χ4v) is 3.01. The van der Waals surface area contributed by atoms with E-state index in [1.54, 1.807) is 0 Å². The molecule has 2 aromatic carbocycles. The first-order valence-electron chi connectivity index (χ1n) is 8.79. The lowest BCUT2D eigenvalue weighted by Gasteiger charge is -2.11. The van der Waals surface area contributed by atoms with Gasteiger partial charge in [0, 0.05) is 22.9 Å². The van der Waals surface area contributed by atoms with Crippen molar-refractivity contribution in [1.29, 1.82) is 0 Å². The molecule has 0 radical (unpaired) electrons. The van der Waals surface area contributed by atoms with Crippen LogP contribution in [0.15, 0.2) is 40.8 Å². The van der Waals surface area contributed by atoms with Gasteiger partial charge >= 0.3 is 0 Å². The molecule has 0 aliphatic rings. The fourth-order valence-electron chi connectivity index (χ4n) is 3.01. The van der Waals surface area contributed by atoms with Crippen LogP contribution >= 0.6 is 0 Å². The monoisotopic (exact) mass is 332 g/mol. The summed E-state index contributed by atoms with van der Waals surface area (Å²) in [5.74, 6) is 8.07. The van der Waals surface area contributed by atoms with E-state index < -0.39 is 0 Å². The van der Waals surface area contributed by atoms with Crippen LogP contribution in [0.1, 0.15) is 48.3 Å². The lowest BCUT2D eigenvalue weighted by atomic mass is 10.1. The summed E-state index contributed by atoms with van der Waals surface area (Å²) < 4.78 is 12.2. The second-order valence-electron chi connectivity index (χ2n) is 6.38. The van der Waals surface area contributed by atoms with Crippen molar-refractivity contribution in [2.45, 2.75) is 47.1 Å². The van der Waals surface area contributed by atoms with Gasteiger partial charge in [0.25, 0.3) is 0 Å². The van der Waals surface area contributed by atoms with E-state index >= 15 is 0 Å². The maximum atomic E-state index is 6.11. The van der Waals surface area contributed by atoms with Crippen LogP contribution in [0.3, 0.4) is 0 Å². The van der Waals surface area contributed by atoms with Gasteiger partial charge in [-0.3, -0.25) is 0 Å². The van der Waals surface area contributed by atoms with Gasteiger partial charge in [0.2, 0.25) is 0 Å². The molecule has 0 bridgehead atoms. The first kappa shape index (κ1) is 17.2. The van der Waals surface area contributed by atoms with E-state index in [9.17, 15) is 0 Å². The van der Waals surface area contributed by atoms with Crippen LogP contribution < -0.4 is 4.74 Å². The third kappa shape index (κ3) is 3.72. The Morgan fingerprint density at radius 3 is 2.72 bits per heavy atom. The number of hydrogen-bond donors (Lipinski definition) is 0. The molecule has 0 unspecified atom stereocenters. The Balaban J connectivity index is 1.97. The van der Waals surface area contributed by atoms with E-state index in [0.717, 1.165) is 46.4 Å². The SMILES string of the molecule is CC#Cc1cc(COc2cccc(C)c2C)c2oc(CCC)cc2c1. The molecule has 3 rings (SSSR count). The standard InChI is InChI=1S/C23H24O2/c1-5-8-18-12-19-14-21(9-6-2)25-23(19)20(13-18)15-24-22-11-7-10-16(3)17(22)4/h7,10-14H,6,9,15H2,1-4H3. The molecule has 0 aliphatic carbocycles. The van der Waals surface area contributed by atoms with Gasteiger partial charge < -0.3 is 9.15 Å². The smallest absolute Gasteiger partial charge is 0.140 e. The quantitative estimate of drug-likeness (QED) is 0.538. The fraction of sp³-hybridized carbons (Fsp3) is 0.304. The highest BCUT2D eigenvalue weighted by Crippen LogP contribution is 2.28. The Morgan fingerprint density at radius 1 is 1.12 bits per heavy atom. The zero-order valence-corrected chi connectivity index (χ0v) is 15.4. The Bertz CT molecular complexity index is 951. The average Bonchev–Trinajstić information content (AvgIpc) is 2.99. The molecule has 3 aromatic rings. The summed E-state index contributed by atoms with van der Waals surface area (Å²) in [6.45, 7) is 8.67. The molecule has 128 valence electrons. The Kier molecular flexibility index (Phi) is 5.14. The summed E-state index contributed by atoms with van der Waals surface area (Å²) in [5.41, 5.74) is 5.36. The predicted octanol–water partition coefficient (Wildman–Crippen LogP) is 5.95. The molecular weight excluding hydrogens is 308 g/mol. The summed E-state index contributed by atoms with van der Waals surface area (Å²) in [6.07, 6.45) is 2.01. The predicted molar refractivity (Wildman–Crippen MR) is 103 cm³/mol. The summed E-state index contributed by atoms with van der Waals surface area (Å²) in [4.78, 5) is 0. The van der Waals surface area contributed by atoms with Gasteiger partial charge in [-0.05, 0) is 62.6 Å². The van der Waals surface area contributed by atoms with E-state index in [4.69, 9.17) is 9.15 Å². The van der Waals surface area contributed by atoms with Crippen LogP contribution in [0, 0.1) is 25.7 Å². The highest BCUT2D eigenvalue weighted by Gasteiger charge is 2.11. The maximum Gasteiger partial charge on any atom is 0.140 e. The number of hydrogen-bond acceptors (Lipinski definition) is 2. The van der Waals surface area contributed by atoms with E-state index in [1.165, 1.54) is 11.1 Å². The second kappa shape index (κ2) is 7.49. The normalized spacial score (nSPS) is 10.6. The topological polar surface area (TPSA) is 22.4 Å². The van der Waals surface area contributed by atoms with Crippen molar-refractivity contribution in [1.82, 2.24) is 0 Å². The van der Waals surface area contributed by atoms with E-state index in [0.29, 0.717) is 6.61 Å². The van der Waals surface area contributed by atoms with Gasteiger partial charge in [-0.2, -0.15) is 0 Å². The van der Waals surface area contributed by atoms with Crippen LogP contribution in [0.5, 0.6) is 5.75 Å². The number of furan rings is 1. The molecule has 2 heteroatoms. The zero-order chi connectivity index (χ0) is 17.8. The molecule has 0 fully saturated rings. The minimum absolute atomic E-state index is 0.471. The summed E-state index contributed by atoms with van der Waals surface area (Å²) in [6, 6.07) is 12.4. The van der Waals surface area contributed by atoms with Crippen LogP contribution in [-0.4, -0.2) is 0 Å². The van der Waals surface area contributed by atoms with Crippen molar-refractivity contribution < 1.29 is 9.15 Å². The second-order valence-corrected chi connectivity index (χ2v) is 6.38. The Morgan fingerprint density at radius 2 is 1.96 bits per heavy atom. The minimum atomic E-state index is 0.471. The first-order valence-corrected chi connectivity index (χ1v) is 8.79. The van der Waals surface area contributed by atoms with Crippen molar-refractivity contribution in [2.24, 2.45) is 0 Å². The Labute approximate surface area is 149 Å². The van der Waals surface area contributed by atoms with Crippen molar-refractivity contribution >= 4 is 11.0 Å². The number of fused-ring (bicyclic) bond motifs is 1. The van der Waals surface area contributed by atoms with Crippen LogP contribution in [0.2, 0.25) is 0 Å². The number of ether oxygens (including phenoxy) is 1. The molecule has 0 saturated carbocycles.